The van der Waals surface area contributed by atoms with Crippen molar-refractivity contribution in [1.82, 2.24) is 30.0 Å². The Morgan fingerprint density at radius 1 is 1.03 bits per heavy atom. The first-order chi connectivity index (χ1) is 14.1. The van der Waals surface area contributed by atoms with Crippen molar-refractivity contribution in [2.45, 2.75) is 6.61 Å². The van der Waals surface area contributed by atoms with E-state index in [-0.39, 0.29) is 18.4 Å². The lowest BCUT2D eigenvalue weighted by Crippen LogP contribution is -2.50. The highest BCUT2D eigenvalue weighted by molar-refractivity contribution is 5.95. The monoisotopic (exact) mass is 396 g/mol. The minimum Gasteiger partial charge on any atom is -0.486 e. The van der Waals surface area contributed by atoms with Crippen LogP contribution in [-0.2, 0) is 13.7 Å². The highest BCUT2D eigenvalue weighted by Gasteiger charge is 2.26. The molecule has 0 bridgehead atoms. The fourth-order valence-corrected chi connectivity index (χ4v) is 3.06. The number of ether oxygens (including phenoxy) is 1. The van der Waals surface area contributed by atoms with Gasteiger partial charge in [-0.15, -0.1) is 5.10 Å². The molecule has 0 N–H and O–H groups in total. The van der Waals surface area contributed by atoms with Gasteiger partial charge in [-0.25, -0.2) is 4.68 Å². The Morgan fingerprint density at radius 2 is 1.72 bits per heavy atom. The lowest BCUT2D eigenvalue weighted by Gasteiger charge is -2.34. The van der Waals surface area contributed by atoms with Crippen LogP contribution in [0.5, 0.6) is 5.75 Å². The highest BCUT2D eigenvalue weighted by Crippen LogP contribution is 2.16. The summed E-state index contributed by atoms with van der Waals surface area (Å²) in [6.45, 7) is 2.13. The minimum atomic E-state index is -0.151. The molecular weight excluding hydrogens is 376 g/mol. The number of carbonyl (C=O) groups is 2. The number of carbonyl (C=O) groups excluding carboxylic acids is 2. The van der Waals surface area contributed by atoms with Crippen LogP contribution in [-0.4, -0.2) is 68.0 Å². The van der Waals surface area contributed by atoms with E-state index in [1.54, 1.807) is 53.2 Å². The zero-order valence-electron chi connectivity index (χ0n) is 15.9. The third kappa shape index (κ3) is 4.10. The normalized spacial score (nSPS) is 14.1. The van der Waals surface area contributed by atoms with Crippen LogP contribution in [0, 0.1) is 0 Å². The van der Waals surface area contributed by atoms with Crippen molar-refractivity contribution in [2.24, 2.45) is 7.05 Å². The Balaban J connectivity index is 1.30. The van der Waals surface area contributed by atoms with Gasteiger partial charge in [-0.05, 0) is 46.8 Å². The van der Waals surface area contributed by atoms with Gasteiger partial charge in [0.1, 0.15) is 12.4 Å². The molecular formula is C19H20N6O4. The maximum Gasteiger partial charge on any atom is 0.289 e. The van der Waals surface area contributed by atoms with Crippen molar-refractivity contribution in [3.8, 4) is 5.75 Å². The molecule has 0 atom stereocenters. The Hall–Kier alpha value is -3.69. The van der Waals surface area contributed by atoms with E-state index >= 15 is 0 Å². The van der Waals surface area contributed by atoms with Crippen molar-refractivity contribution in [3.05, 3.63) is 59.8 Å². The number of furan rings is 1. The molecule has 3 aromatic rings. The molecule has 2 aromatic heterocycles. The summed E-state index contributed by atoms with van der Waals surface area (Å²) in [7, 11) is 1.74. The molecule has 29 heavy (non-hydrogen) atoms. The quantitative estimate of drug-likeness (QED) is 0.633. The predicted octanol–water partition coefficient (Wildman–Crippen LogP) is 0.980. The minimum absolute atomic E-state index is 0.0702. The number of hydrogen-bond donors (Lipinski definition) is 0. The predicted molar refractivity (Wildman–Crippen MR) is 100 cm³/mol. The molecule has 0 saturated carbocycles. The first kappa shape index (κ1) is 18.7. The molecule has 0 radical (unpaired) electrons. The van der Waals surface area contributed by atoms with Gasteiger partial charge in [0.05, 0.1) is 6.26 Å². The second kappa shape index (κ2) is 8.13. The van der Waals surface area contributed by atoms with E-state index in [9.17, 15) is 9.59 Å². The van der Waals surface area contributed by atoms with Crippen LogP contribution in [0.2, 0.25) is 0 Å². The van der Waals surface area contributed by atoms with E-state index in [4.69, 9.17) is 9.15 Å². The van der Waals surface area contributed by atoms with Crippen LogP contribution in [0.4, 0.5) is 0 Å². The summed E-state index contributed by atoms with van der Waals surface area (Å²) in [5.41, 5.74) is 0.573. The van der Waals surface area contributed by atoms with Gasteiger partial charge >= 0.3 is 0 Å². The van der Waals surface area contributed by atoms with Crippen molar-refractivity contribution in [3.63, 3.8) is 0 Å². The number of aromatic nitrogens is 4. The molecule has 4 rings (SSSR count). The number of hydrogen-bond acceptors (Lipinski definition) is 7. The largest absolute Gasteiger partial charge is 0.486 e. The Morgan fingerprint density at radius 3 is 2.31 bits per heavy atom. The zero-order chi connectivity index (χ0) is 20.2. The highest BCUT2D eigenvalue weighted by atomic mass is 16.5. The molecule has 1 aliphatic rings. The van der Waals surface area contributed by atoms with E-state index in [1.165, 1.54) is 10.9 Å². The van der Waals surface area contributed by atoms with E-state index in [2.05, 4.69) is 15.5 Å². The number of benzene rings is 1. The average molecular weight is 396 g/mol. The third-order valence-electron chi connectivity index (χ3n) is 4.76. The van der Waals surface area contributed by atoms with Crippen LogP contribution >= 0.6 is 0 Å². The molecule has 0 aliphatic carbocycles. The van der Waals surface area contributed by atoms with E-state index in [1.807, 2.05) is 0 Å². The average Bonchev–Trinajstić information content (AvgIpc) is 3.44. The van der Waals surface area contributed by atoms with Crippen molar-refractivity contribution < 1.29 is 18.7 Å². The smallest absolute Gasteiger partial charge is 0.289 e. The Labute approximate surface area is 166 Å². The Bertz CT molecular complexity index is 975. The summed E-state index contributed by atoms with van der Waals surface area (Å²) in [6.07, 6.45) is 1.48. The zero-order valence-corrected chi connectivity index (χ0v) is 15.9. The van der Waals surface area contributed by atoms with Crippen molar-refractivity contribution >= 4 is 11.8 Å². The lowest BCUT2D eigenvalue weighted by molar-refractivity contribution is 0.0518. The molecule has 0 spiro atoms. The SMILES string of the molecule is Cn1nnnc1COc1ccc(C(=O)N2CCN(C(=O)c3ccco3)CC2)cc1. The van der Waals surface area contributed by atoms with Crippen LogP contribution in [0.15, 0.2) is 47.1 Å². The maximum absolute atomic E-state index is 12.7. The van der Waals surface area contributed by atoms with Gasteiger partial charge in [-0.3, -0.25) is 9.59 Å². The number of amides is 2. The van der Waals surface area contributed by atoms with Gasteiger partial charge in [-0.2, -0.15) is 0 Å². The molecule has 150 valence electrons. The van der Waals surface area contributed by atoms with E-state index in [0.717, 1.165) is 0 Å². The van der Waals surface area contributed by atoms with Crippen molar-refractivity contribution in [1.29, 1.82) is 0 Å². The van der Waals surface area contributed by atoms with Gasteiger partial charge < -0.3 is 19.0 Å². The first-order valence-corrected chi connectivity index (χ1v) is 9.18. The van der Waals surface area contributed by atoms with E-state index in [0.29, 0.717) is 49.1 Å². The van der Waals surface area contributed by atoms with Crippen LogP contribution < -0.4 is 4.74 Å². The van der Waals surface area contributed by atoms with Crippen LogP contribution in [0.25, 0.3) is 0 Å². The molecule has 0 unspecified atom stereocenters. The molecule has 10 heteroatoms. The summed E-state index contributed by atoms with van der Waals surface area (Å²) in [6, 6.07) is 10.3. The number of rotatable bonds is 5. The third-order valence-corrected chi connectivity index (χ3v) is 4.76. The lowest BCUT2D eigenvalue weighted by atomic mass is 10.1. The van der Waals surface area contributed by atoms with E-state index < -0.39 is 0 Å². The molecule has 1 saturated heterocycles. The van der Waals surface area contributed by atoms with Gasteiger partial charge in [0, 0.05) is 38.8 Å². The maximum atomic E-state index is 12.7. The van der Waals surface area contributed by atoms with Gasteiger partial charge in [0.2, 0.25) is 0 Å². The molecule has 3 heterocycles. The standard InChI is InChI=1S/C19H20N6O4/c1-23-17(20-21-22-23)13-29-15-6-4-14(5-7-15)18(26)24-8-10-25(11-9-24)19(27)16-3-2-12-28-16/h2-7,12H,8-11,13H2,1H3. The first-order valence-electron chi connectivity index (χ1n) is 9.18. The second-order valence-corrected chi connectivity index (χ2v) is 6.59. The molecule has 1 aliphatic heterocycles. The van der Waals surface area contributed by atoms with Gasteiger partial charge in [0.15, 0.2) is 11.6 Å². The van der Waals surface area contributed by atoms with Gasteiger partial charge in [0.25, 0.3) is 11.8 Å². The summed E-state index contributed by atoms with van der Waals surface area (Å²) in [5.74, 6) is 1.32. The molecule has 1 fully saturated rings. The number of nitrogens with zero attached hydrogens (tertiary/aromatic N) is 6. The van der Waals surface area contributed by atoms with Crippen LogP contribution in [0.1, 0.15) is 26.7 Å². The molecule has 10 nitrogen and oxygen atoms in total. The fraction of sp³-hybridized carbons (Fsp3) is 0.316. The van der Waals surface area contributed by atoms with Crippen molar-refractivity contribution in [2.75, 3.05) is 26.2 Å². The Kier molecular flexibility index (Phi) is 5.23. The summed E-state index contributed by atoms with van der Waals surface area (Å²) >= 11 is 0. The second-order valence-electron chi connectivity index (χ2n) is 6.59. The topological polar surface area (TPSA) is 107 Å². The number of aryl methyl sites for hydroxylation is 1. The fourth-order valence-electron chi connectivity index (χ4n) is 3.06. The summed E-state index contributed by atoms with van der Waals surface area (Å²) in [5, 5.41) is 11.2. The molecule has 2 amide bonds. The number of piperazine rings is 1. The molecule has 1 aromatic carbocycles. The summed E-state index contributed by atoms with van der Waals surface area (Å²) < 4.78 is 12.3. The van der Waals surface area contributed by atoms with Gasteiger partial charge in [-0.1, -0.05) is 0 Å². The number of tetrazole rings is 1. The van der Waals surface area contributed by atoms with Crippen LogP contribution in [0.3, 0.4) is 0 Å². The summed E-state index contributed by atoms with van der Waals surface area (Å²) in [4.78, 5) is 28.5.